The van der Waals surface area contributed by atoms with E-state index in [0.29, 0.717) is 11.8 Å². The van der Waals surface area contributed by atoms with Crippen molar-refractivity contribution in [3.8, 4) is 0 Å². The van der Waals surface area contributed by atoms with Gasteiger partial charge in [0.2, 0.25) is 0 Å². The Bertz CT molecular complexity index is 166. The van der Waals surface area contributed by atoms with E-state index in [2.05, 4.69) is 32.4 Å². The number of methoxy groups -OCH3 is 1. The van der Waals surface area contributed by atoms with Gasteiger partial charge in [-0.2, -0.15) is 0 Å². The maximum atomic E-state index is 11.0. The van der Waals surface area contributed by atoms with Crippen LogP contribution in [-0.2, 0) is 9.47 Å². The normalized spacial score (nSPS) is 15.0. The van der Waals surface area contributed by atoms with Gasteiger partial charge in [-0.25, -0.2) is 4.79 Å². The van der Waals surface area contributed by atoms with E-state index in [-0.39, 0.29) is 6.10 Å². The van der Waals surface area contributed by atoms with Gasteiger partial charge >= 0.3 is 6.16 Å². The van der Waals surface area contributed by atoms with Crippen LogP contribution >= 0.6 is 0 Å². The Balaban J connectivity index is 4.21. The van der Waals surface area contributed by atoms with Crippen LogP contribution in [0.5, 0.6) is 0 Å². The molecule has 3 nitrogen and oxygen atoms in total. The molecule has 0 amide bonds. The van der Waals surface area contributed by atoms with E-state index < -0.39 is 6.16 Å². The minimum Gasteiger partial charge on any atom is -0.438 e. The van der Waals surface area contributed by atoms with Gasteiger partial charge < -0.3 is 9.47 Å². The second kappa shape index (κ2) is 6.68. The summed E-state index contributed by atoms with van der Waals surface area (Å²) in [5, 5.41) is 0. The summed E-state index contributed by atoms with van der Waals surface area (Å²) >= 11 is 0. The van der Waals surface area contributed by atoms with Gasteiger partial charge in [-0.3, -0.25) is 0 Å². The Labute approximate surface area is 86.8 Å². The molecular weight excluding hydrogens is 180 g/mol. The molecule has 0 saturated carbocycles. The van der Waals surface area contributed by atoms with Gasteiger partial charge in [0.05, 0.1) is 7.11 Å². The maximum absolute atomic E-state index is 11.0. The molecule has 0 heterocycles. The van der Waals surface area contributed by atoms with Crippen molar-refractivity contribution in [3.05, 3.63) is 0 Å². The number of hydrogen-bond acceptors (Lipinski definition) is 3. The molecule has 14 heavy (non-hydrogen) atoms. The molecule has 0 aliphatic rings. The fourth-order valence-electron chi connectivity index (χ4n) is 1.69. The summed E-state index contributed by atoms with van der Waals surface area (Å²) < 4.78 is 9.71. The first-order valence-electron chi connectivity index (χ1n) is 5.27. The van der Waals surface area contributed by atoms with Gasteiger partial charge in [0.15, 0.2) is 0 Å². The predicted molar refractivity (Wildman–Crippen MR) is 56.2 cm³/mol. The summed E-state index contributed by atoms with van der Waals surface area (Å²) in [5.41, 5.74) is 0. The molecule has 0 rings (SSSR count). The van der Waals surface area contributed by atoms with Crippen molar-refractivity contribution >= 4 is 6.16 Å². The zero-order valence-corrected chi connectivity index (χ0v) is 9.87. The van der Waals surface area contributed by atoms with Crippen molar-refractivity contribution in [2.75, 3.05) is 7.11 Å². The molecule has 0 aliphatic heterocycles. The summed E-state index contributed by atoms with van der Waals surface area (Å²) in [7, 11) is 1.34. The lowest BCUT2D eigenvalue weighted by Gasteiger charge is -2.26. The van der Waals surface area contributed by atoms with Crippen molar-refractivity contribution in [2.45, 2.75) is 46.6 Å². The van der Waals surface area contributed by atoms with E-state index >= 15 is 0 Å². The molecule has 0 aromatic heterocycles. The van der Waals surface area contributed by atoms with Gasteiger partial charge in [-0.15, -0.1) is 0 Å². The zero-order valence-electron chi connectivity index (χ0n) is 9.87. The van der Waals surface area contributed by atoms with Crippen LogP contribution in [0, 0.1) is 11.8 Å². The summed E-state index contributed by atoms with van der Waals surface area (Å²) in [6.45, 7) is 8.35. The lowest BCUT2D eigenvalue weighted by atomic mass is 9.91. The second-order valence-electron chi connectivity index (χ2n) is 4.05. The topological polar surface area (TPSA) is 35.5 Å². The molecular formula is C11H22O3. The van der Waals surface area contributed by atoms with Gasteiger partial charge in [-0.05, 0) is 18.3 Å². The average molecular weight is 202 g/mol. The van der Waals surface area contributed by atoms with E-state index in [9.17, 15) is 4.79 Å². The van der Waals surface area contributed by atoms with Gasteiger partial charge in [0.1, 0.15) is 6.10 Å². The fraction of sp³-hybridized carbons (Fsp3) is 0.909. The highest BCUT2D eigenvalue weighted by atomic mass is 16.7. The van der Waals surface area contributed by atoms with Crippen molar-refractivity contribution in [1.82, 2.24) is 0 Å². The van der Waals surface area contributed by atoms with Crippen molar-refractivity contribution in [2.24, 2.45) is 11.8 Å². The van der Waals surface area contributed by atoms with Crippen molar-refractivity contribution in [1.29, 1.82) is 0 Å². The first-order chi connectivity index (χ1) is 6.52. The monoisotopic (exact) mass is 202 g/mol. The summed E-state index contributed by atoms with van der Waals surface area (Å²) in [6.07, 6.45) is 1.56. The Hall–Kier alpha value is -0.730. The lowest BCUT2D eigenvalue weighted by Crippen LogP contribution is -2.30. The fourth-order valence-corrected chi connectivity index (χ4v) is 1.69. The van der Waals surface area contributed by atoms with Crippen LogP contribution in [0.4, 0.5) is 4.79 Å². The third-order valence-corrected chi connectivity index (χ3v) is 2.36. The van der Waals surface area contributed by atoms with Crippen LogP contribution in [0.25, 0.3) is 0 Å². The van der Waals surface area contributed by atoms with Crippen LogP contribution in [0.1, 0.15) is 40.5 Å². The first kappa shape index (κ1) is 13.3. The van der Waals surface area contributed by atoms with Gasteiger partial charge in [0.25, 0.3) is 0 Å². The lowest BCUT2D eigenvalue weighted by molar-refractivity contribution is -0.00631. The molecule has 0 bridgehead atoms. The summed E-state index contributed by atoms with van der Waals surface area (Å²) in [6, 6.07) is 0. The highest BCUT2D eigenvalue weighted by Gasteiger charge is 2.24. The number of hydrogen-bond donors (Lipinski definition) is 0. The Kier molecular flexibility index (Phi) is 6.34. The molecule has 0 fully saturated rings. The van der Waals surface area contributed by atoms with Crippen molar-refractivity contribution < 1.29 is 14.3 Å². The van der Waals surface area contributed by atoms with Crippen LogP contribution in [0.15, 0.2) is 0 Å². The second-order valence-corrected chi connectivity index (χ2v) is 4.05. The highest BCUT2D eigenvalue weighted by molar-refractivity contribution is 5.59. The largest absolute Gasteiger partial charge is 0.508 e. The molecule has 2 atom stereocenters. The SMILES string of the molecule is CCCC(C)C(OC(=O)OC)C(C)C. The maximum Gasteiger partial charge on any atom is 0.508 e. The molecule has 84 valence electrons. The molecule has 0 aliphatic carbocycles. The molecule has 0 N–H and O–H groups in total. The minimum absolute atomic E-state index is 0.0394. The number of ether oxygens (including phenoxy) is 2. The third kappa shape index (κ3) is 4.49. The number of carbonyl (C=O) groups excluding carboxylic acids is 1. The van der Waals surface area contributed by atoms with E-state index in [1.165, 1.54) is 7.11 Å². The first-order valence-corrected chi connectivity index (χ1v) is 5.27. The van der Waals surface area contributed by atoms with Crippen LogP contribution in [0.2, 0.25) is 0 Å². The Morgan fingerprint density at radius 1 is 1.29 bits per heavy atom. The van der Waals surface area contributed by atoms with Gasteiger partial charge in [-0.1, -0.05) is 34.1 Å². The summed E-state index contributed by atoms with van der Waals surface area (Å²) in [4.78, 5) is 11.0. The van der Waals surface area contributed by atoms with Gasteiger partial charge in [0, 0.05) is 0 Å². The molecule has 0 saturated heterocycles. The predicted octanol–water partition coefficient (Wildman–Crippen LogP) is 3.23. The third-order valence-electron chi connectivity index (χ3n) is 2.36. The molecule has 2 unspecified atom stereocenters. The summed E-state index contributed by atoms with van der Waals surface area (Å²) in [5.74, 6) is 0.717. The molecule has 0 aromatic carbocycles. The van der Waals surface area contributed by atoms with E-state index in [1.54, 1.807) is 0 Å². The Morgan fingerprint density at radius 2 is 1.86 bits per heavy atom. The molecule has 0 aromatic rings. The van der Waals surface area contributed by atoms with E-state index in [1.807, 2.05) is 0 Å². The Morgan fingerprint density at radius 3 is 2.21 bits per heavy atom. The zero-order chi connectivity index (χ0) is 11.1. The average Bonchev–Trinajstić information content (AvgIpc) is 2.13. The quantitative estimate of drug-likeness (QED) is 0.642. The van der Waals surface area contributed by atoms with Crippen LogP contribution in [-0.4, -0.2) is 19.4 Å². The smallest absolute Gasteiger partial charge is 0.438 e. The minimum atomic E-state index is -0.577. The van der Waals surface area contributed by atoms with Crippen molar-refractivity contribution in [3.63, 3.8) is 0 Å². The molecule has 3 heteroatoms. The van der Waals surface area contributed by atoms with E-state index in [0.717, 1.165) is 12.8 Å². The molecule has 0 spiro atoms. The standard InChI is InChI=1S/C11H22O3/c1-6-7-9(4)10(8(2)3)14-11(12)13-5/h8-10H,6-7H2,1-5H3. The number of rotatable bonds is 5. The molecule has 0 radical (unpaired) electrons. The highest BCUT2D eigenvalue weighted by Crippen LogP contribution is 2.21. The van der Waals surface area contributed by atoms with Crippen LogP contribution in [0.3, 0.4) is 0 Å². The van der Waals surface area contributed by atoms with E-state index in [4.69, 9.17) is 4.74 Å². The number of carbonyl (C=O) groups is 1. The van der Waals surface area contributed by atoms with Crippen LogP contribution < -0.4 is 0 Å².